The number of carboxylic acids is 1. The normalized spacial score (nSPS) is 12.8. The fourth-order valence-electron chi connectivity index (χ4n) is 2.54. The number of nitrogens with zero attached hydrogens (tertiary/aromatic N) is 1. The molecule has 0 bridgehead atoms. The van der Waals surface area contributed by atoms with Crippen LogP contribution in [-0.2, 0) is 4.79 Å². The van der Waals surface area contributed by atoms with Gasteiger partial charge in [0, 0.05) is 6.54 Å². The highest BCUT2D eigenvalue weighted by molar-refractivity contribution is 5.69. The molecule has 1 unspecified atom stereocenters. The van der Waals surface area contributed by atoms with Gasteiger partial charge in [-0.2, -0.15) is 0 Å². The first-order chi connectivity index (χ1) is 10.1. The van der Waals surface area contributed by atoms with Gasteiger partial charge in [-0.15, -0.1) is 0 Å². The third-order valence-corrected chi connectivity index (χ3v) is 3.23. The minimum absolute atomic E-state index is 0.0154. The van der Waals surface area contributed by atoms with Gasteiger partial charge in [0.1, 0.15) is 5.76 Å². The van der Waals surface area contributed by atoms with Gasteiger partial charge in [-0.05, 0) is 23.6 Å². The molecule has 1 aromatic heterocycles. The highest BCUT2D eigenvalue weighted by atomic mass is 16.4. The molecule has 2 rings (SSSR count). The highest BCUT2D eigenvalue weighted by Crippen LogP contribution is 2.29. The first kappa shape index (κ1) is 15.3. The van der Waals surface area contributed by atoms with Gasteiger partial charge in [-0.3, -0.25) is 9.69 Å². The second-order valence-electron chi connectivity index (χ2n) is 5.55. The average molecular weight is 287 g/mol. The van der Waals surface area contributed by atoms with Crippen molar-refractivity contribution in [3.63, 3.8) is 0 Å². The zero-order valence-corrected chi connectivity index (χ0v) is 12.4. The number of carboxylic acid groups (broad SMARTS) is 1. The standard InChI is InChI=1S/C17H21NO3/c1-13(2)11-18(12-16(19)20)17(15-9-6-10-21-15)14-7-4-3-5-8-14/h3-10,13,17H,11-12H2,1-2H3,(H,19,20). The van der Waals surface area contributed by atoms with Gasteiger partial charge in [0.15, 0.2) is 0 Å². The van der Waals surface area contributed by atoms with Gasteiger partial charge >= 0.3 is 5.97 Å². The minimum Gasteiger partial charge on any atom is -0.480 e. The summed E-state index contributed by atoms with van der Waals surface area (Å²) < 4.78 is 5.56. The topological polar surface area (TPSA) is 53.7 Å². The summed E-state index contributed by atoms with van der Waals surface area (Å²) in [5.74, 6) is 0.303. The average Bonchev–Trinajstić information content (AvgIpc) is 2.92. The van der Waals surface area contributed by atoms with Crippen molar-refractivity contribution in [1.82, 2.24) is 4.90 Å². The number of aliphatic carboxylic acids is 1. The zero-order valence-electron chi connectivity index (χ0n) is 12.4. The lowest BCUT2D eigenvalue weighted by molar-refractivity contribution is -0.139. The Labute approximate surface area is 125 Å². The molecule has 0 aliphatic rings. The maximum absolute atomic E-state index is 11.2. The van der Waals surface area contributed by atoms with Crippen LogP contribution in [0, 0.1) is 5.92 Å². The predicted octanol–water partition coefficient (Wildman–Crippen LogP) is 3.41. The van der Waals surface area contributed by atoms with E-state index >= 15 is 0 Å². The van der Waals surface area contributed by atoms with Crippen molar-refractivity contribution in [3.8, 4) is 0 Å². The van der Waals surface area contributed by atoms with Gasteiger partial charge in [0.2, 0.25) is 0 Å². The lowest BCUT2D eigenvalue weighted by Gasteiger charge is -2.30. The molecule has 0 amide bonds. The van der Waals surface area contributed by atoms with E-state index in [0.717, 1.165) is 11.3 Å². The zero-order chi connectivity index (χ0) is 15.2. The molecule has 1 aromatic carbocycles. The van der Waals surface area contributed by atoms with E-state index in [2.05, 4.69) is 13.8 Å². The van der Waals surface area contributed by atoms with Crippen molar-refractivity contribution in [1.29, 1.82) is 0 Å². The summed E-state index contributed by atoms with van der Waals surface area (Å²) in [7, 11) is 0. The largest absolute Gasteiger partial charge is 0.480 e. The van der Waals surface area contributed by atoms with Crippen LogP contribution < -0.4 is 0 Å². The van der Waals surface area contributed by atoms with Gasteiger partial charge in [0.25, 0.3) is 0 Å². The van der Waals surface area contributed by atoms with Crippen LogP contribution in [0.25, 0.3) is 0 Å². The highest BCUT2D eigenvalue weighted by Gasteiger charge is 2.26. The van der Waals surface area contributed by atoms with Crippen LogP contribution in [-0.4, -0.2) is 29.1 Å². The van der Waals surface area contributed by atoms with E-state index in [1.165, 1.54) is 0 Å². The van der Waals surface area contributed by atoms with Crippen LogP contribution in [0.5, 0.6) is 0 Å². The second-order valence-corrected chi connectivity index (χ2v) is 5.55. The van der Waals surface area contributed by atoms with Gasteiger partial charge in [0.05, 0.1) is 18.8 Å². The first-order valence-corrected chi connectivity index (χ1v) is 7.12. The van der Waals surface area contributed by atoms with Crippen molar-refractivity contribution in [2.75, 3.05) is 13.1 Å². The lowest BCUT2D eigenvalue weighted by Crippen LogP contribution is -2.36. The Morgan fingerprint density at radius 1 is 1.19 bits per heavy atom. The molecule has 0 saturated carbocycles. The maximum atomic E-state index is 11.2. The quantitative estimate of drug-likeness (QED) is 0.848. The van der Waals surface area contributed by atoms with Crippen LogP contribution >= 0.6 is 0 Å². The van der Waals surface area contributed by atoms with E-state index in [0.29, 0.717) is 12.5 Å². The number of benzene rings is 1. The van der Waals surface area contributed by atoms with Crippen LogP contribution in [0.1, 0.15) is 31.2 Å². The van der Waals surface area contributed by atoms with E-state index in [1.807, 2.05) is 47.4 Å². The van der Waals surface area contributed by atoms with Crippen LogP contribution in [0.15, 0.2) is 53.1 Å². The first-order valence-electron chi connectivity index (χ1n) is 7.12. The third-order valence-electron chi connectivity index (χ3n) is 3.23. The van der Waals surface area contributed by atoms with Gasteiger partial charge < -0.3 is 9.52 Å². The van der Waals surface area contributed by atoms with E-state index < -0.39 is 5.97 Å². The molecule has 112 valence electrons. The van der Waals surface area contributed by atoms with Crippen molar-refractivity contribution in [2.24, 2.45) is 5.92 Å². The summed E-state index contributed by atoms with van der Waals surface area (Å²) >= 11 is 0. The Morgan fingerprint density at radius 3 is 2.43 bits per heavy atom. The number of carbonyl (C=O) groups is 1. The smallest absolute Gasteiger partial charge is 0.317 e. The Morgan fingerprint density at radius 2 is 1.90 bits per heavy atom. The molecular weight excluding hydrogens is 266 g/mol. The Hall–Kier alpha value is -2.07. The summed E-state index contributed by atoms with van der Waals surface area (Å²) in [4.78, 5) is 13.2. The van der Waals surface area contributed by atoms with Crippen LogP contribution in [0.2, 0.25) is 0 Å². The summed E-state index contributed by atoms with van der Waals surface area (Å²) in [6.45, 7) is 4.84. The Kier molecular flexibility index (Phi) is 5.17. The van der Waals surface area contributed by atoms with Crippen LogP contribution in [0.4, 0.5) is 0 Å². The molecule has 0 aliphatic heterocycles. The molecule has 0 aliphatic carbocycles. The molecule has 1 heterocycles. The molecule has 1 N–H and O–H groups in total. The Balaban J connectivity index is 2.38. The molecular formula is C17H21NO3. The molecule has 4 nitrogen and oxygen atoms in total. The third kappa shape index (κ3) is 4.20. The predicted molar refractivity (Wildman–Crippen MR) is 81.0 cm³/mol. The molecule has 4 heteroatoms. The molecule has 21 heavy (non-hydrogen) atoms. The summed E-state index contributed by atoms with van der Waals surface area (Å²) in [6.07, 6.45) is 1.62. The van der Waals surface area contributed by atoms with Gasteiger partial charge in [-0.25, -0.2) is 0 Å². The number of hydrogen-bond acceptors (Lipinski definition) is 3. The van der Waals surface area contributed by atoms with E-state index in [1.54, 1.807) is 6.26 Å². The molecule has 0 radical (unpaired) electrons. The van der Waals surface area contributed by atoms with Crippen molar-refractivity contribution in [2.45, 2.75) is 19.9 Å². The van der Waals surface area contributed by atoms with E-state index in [-0.39, 0.29) is 12.6 Å². The Bertz CT molecular complexity index is 549. The maximum Gasteiger partial charge on any atom is 0.317 e. The van der Waals surface area contributed by atoms with Crippen LogP contribution in [0.3, 0.4) is 0 Å². The molecule has 2 aromatic rings. The fraction of sp³-hybridized carbons (Fsp3) is 0.353. The fourth-order valence-corrected chi connectivity index (χ4v) is 2.54. The van der Waals surface area contributed by atoms with E-state index in [9.17, 15) is 9.90 Å². The molecule has 1 atom stereocenters. The SMILES string of the molecule is CC(C)CN(CC(=O)O)C(c1ccccc1)c1ccco1. The number of furan rings is 1. The second kappa shape index (κ2) is 7.09. The molecule has 0 saturated heterocycles. The lowest BCUT2D eigenvalue weighted by atomic mass is 10.0. The number of rotatable bonds is 7. The molecule has 0 fully saturated rings. The van der Waals surface area contributed by atoms with Crippen molar-refractivity contribution >= 4 is 5.97 Å². The summed E-state index contributed by atoms with van der Waals surface area (Å²) in [6, 6.07) is 13.4. The van der Waals surface area contributed by atoms with Crippen molar-refractivity contribution < 1.29 is 14.3 Å². The summed E-state index contributed by atoms with van der Waals surface area (Å²) in [5, 5.41) is 9.22. The minimum atomic E-state index is -0.830. The number of hydrogen-bond donors (Lipinski definition) is 1. The van der Waals surface area contributed by atoms with Gasteiger partial charge in [-0.1, -0.05) is 44.2 Å². The monoisotopic (exact) mass is 287 g/mol. The summed E-state index contributed by atoms with van der Waals surface area (Å²) in [5.41, 5.74) is 1.04. The van der Waals surface area contributed by atoms with E-state index in [4.69, 9.17) is 4.42 Å². The van der Waals surface area contributed by atoms with Crippen molar-refractivity contribution in [3.05, 3.63) is 60.1 Å². The molecule has 0 spiro atoms.